The third-order valence-electron chi connectivity index (χ3n) is 5.41. The number of aliphatic hydroxyl groups excluding tert-OH is 1. The predicted molar refractivity (Wildman–Crippen MR) is 97.5 cm³/mol. The minimum absolute atomic E-state index is 0.0317. The fraction of sp³-hybridized carbons (Fsp3) is 0.632. The van der Waals surface area contributed by atoms with E-state index >= 15 is 0 Å². The molecule has 0 aliphatic carbocycles. The molecule has 5 heteroatoms. The molecule has 0 unspecified atom stereocenters. The maximum Gasteiger partial charge on any atom is 0.321 e. The van der Waals surface area contributed by atoms with E-state index in [-0.39, 0.29) is 12.6 Å². The molecule has 0 atom stereocenters. The van der Waals surface area contributed by atoms with E-state index in [1.165, 1.54) is 18.5 Å². The first-order valence-corrected chi connectivity index (χ1v) is 9.17. The number of piperidine rings is 2. The Morgan fingerprint density at radius 2 is 1.88 bits per heavy atom. The number of anilines is 2. The summed E-state index contributed by atoms with van der Waals surface area (Å²) in [5.74, 6) is 1.16. The highest BCUT2D eigenvalue weighted by molar-refractivity contribution is 5.90. The van der Waals surface area contributed by atoms with Crippen LogP contribution in [0.5, 0.6) is 0 Å². The van der Waals surface area contributed by atoms with Gasteiger partial charge < -0.3 is 20.2 Å². The highest BCUT2D eigenvalue weighted by Crippen LogP contribution is 2.25. The van der Waals surface area contributed by atoms with Crippen LogP contribution in [0.1, 0.15) is 32.6 Å². The lowest BCUT2D eigenvalue weighted by Gasteiger charge is -2.33. The van der Waals surface area contributed by atoms with Gasteiger partial charge in [-0.2, -0.15) is 0 Å². The van der Waals surface area contributed by atoms with Crippen molar-refractivity contribution in [3.8, 4) is 0 Å². The smallest absolute Gasteiger partial charge is 0.321 e. The zero-order chi connectivity index (χ0) is 16.9. The van der Waals surface area contributed by atoms with E-state index in [0.717, 1.165) is 50.6 Å². The number of urea groups is 1. The lowest BCUT2D eigenvalue weighted by Crippen LogP contribution is -2.41. The second-order valence-electron chi connectivity index (χ2n) is 7.26. The number of benzene rings is 1. The SMILES string of the molecule is CC1CCN(c2cccc(NC(=O)N3CCC(CO)CC3)c2)CC1. The number of hydrogen-bond acceptors (Lipinski definition) is 3. The fourth-order valence-corrected chi connectivity index (χ4v) is 3.57. The molecule has 24 heavy (non-hydrogen) atoms. The number of aliphatic hydroxyl groups is 1. The third kappa shape index (κ3) is 4.20. The van der Waals surface area contributed by atoms with Crippen molar-refractivity contribution in [1.29, 1.82) is 0 Å². The largest absolute Gasteiger partial charge is 0.396 e. The van der Waals surface area contributed by atoms with Crippen molar-refractivity contribution < 1.29 is 9.90 Å². The van der Waals surface area contributed by atoms with E-state index in [0.29, 0.717) is 5.92 Å². The number of carbonyl (C=O) groups excluding carboxylic acids is 1. The lowest BCUT2D eigenvalue weighted by molar-refractivity contribution is 0.143. The first-order valence-electron chi connectivity index (χ1n) is 9.17. The van der Waals surface area contributed by atoms with Crippen LogP contribution < -0.4 is 10.2 Å². The van der Waals surface area contributed by atoms with Crippen LogP contribution in [-0.4, -0.2) is 48.8 Å². The van der Waals surface area contributed by atoms with Crippen LogP contribution in [0.2, 0.25) is 0 Å². The maximum atomic E-state index is 12.4. The van der Waals surface area contributed by atoms with E-state index in [1.54, 1.807) is 0 Å². The molecule has 2 amide bonds. The second-order valence-corrected chi connectivity index (χ2v) is 7.26. The Morgan fingerprint density at radius 3 is 2.54 bits per heavy atom. The van der Waals surface area contributed by atoms with Gasteiger partial charge in [-0.15, -0.1) is 0 Å². The molecule has 0 saturated carbocycles. The molecule has 2 heterocycles. The molecule has 3 rings (SSSR count). The summed E-state index contributed by atoms with van der Waals surface area (Å²) in [6.45, 7) is 6.17. The molecule has 2 aliphatic heterocycles. The van der Waals surface area contributed by atoms with Gasteiger partial charge in [0.1, 0.15) is 0 Å². The number of carbonyl (C=O) groups is 1. The number of nitrogens with one attached hydrogen (secondary N) is 1. The summed E-state index contributed by atoms with van der Waals surface area (Å²) in [6.07, 6.45) is 4.23. The maximum absolute atomic E-state index is 12.4. The van der Waals surface area contributed by atoms with Crippen LogP contribution in [-0.2, 0) is 0 Å². The summed E-state index contributed by atoms with van der Waals surface area (Å²) in [7, 11) is 0. The molecule has 2 fully saturated rings. The number of rotatable bonds is 3. The Bertz CT molecular complexity index is 547. The molecule has 2 N–H and O–H groups in total. The van der Waals surface area contributed by atoms with Gasteiger partial charge in [-0.1, -0.05) is 13.0 Å². The molecule has 132 valence electrons. The molecule has 1 aromatic carbocycles. The molecule has 0 radical (unpaired) electrons. The first-order chi connectivity index (χ1) is 11.7. The predicted octanol–water partition coefficient (Wildman–Crippen LogP) is 3.16. The number of likely N-dealkylation sites (tertiary alicyclic amines) is 1. The van der Waals surface area contributed by atoms with Crippen LogP contribution in [0.4, 0.5) is 16.2 Å². The zero-order valence-electron chi connectivity index (χ0n) is 14.6. The third-order valence-corrected chi connectivity index (χ3v) is 5.41. The number of hydrogen-bond donors (Lipinski definition) is 2. The van der Waals surface area contributed by atoms with Crippen molar-refractivity contribution in [2.45, 2.75) is 32.6 Å². The van der Waals surface area contributed by atoms with Gasteiger partial charge in [-0.25, -0.2) is 4.79 Å². The van der Waals surface area contributed by atoms with Crippen LogP contribution in [0.15, 0.2) is 24.3 Å². The van der Waals surface area contributed by atoms with Gasteiger partial charge in [0.25, 0.3) is 0 Å². The Balaban J connectivity index is 1.57. The van der Waals surface area contributed by atoms with Crippen molar-refractivity contribution in [2.24, 2.45) is 11.8 Å². The monoisotopic (exact) mass is 331 g/mol. The van der Waals surface area contributed by atoms with Crippen molar-refractivity contribution in [1.82, 2.24) is 4.90 Å². The molecule has 1 aromatic rings. The van der Waals surface area contributed by atoms with Crippen molar-refractivity contribution in [2.75, 3.05) is 43.0 Å². The van der Waals surface area contributed by atoms with E-state index in [9.17, 15) is 9.90 Å². The minimum Gasteiger partial charge on any atom is -0.396 e. The van der Waals surface area contributed by atoms with Gasteiger partial charge in [0.2, 0.25) is 0 Å². The Hall–Kier alpha value is -1.75. The fourth-order valence-electron chi connectivity index (χ4n) is 3.57. The zero-order valence-corrected chi connectivity index (χ0v) is 14.6. The van der Waals surface area contributed by atoms with Crippen molar-refractivity contribution in [3.63, 3.8) is 0 Å². The molecule has 0 bridgehead atoms. The summed E-state index contributed by atoms with van der Waals surface area (Å²) in [6, 6.07) is 8.14. The Labute approximate surface area is 144 Å². The summed E-state index contributed by atoms with van der Waals surface area (Å²) < 4.78 is 0. The Kier molecular flexibility index (Phi) is 5.61. The highest BCUT2D eigenvalue weighted by atomic mass is 16.3. The van der Waals surface area contributed by atoms with Gasteiger partial charge in [0.15, 0.2) is 0 Å². The highest BCUT2D eigenvalue weighted by Gasteiger charge is 2.22. The molecular formula is C19H29N3O2. The van der Waals surface area contributed by atoms with Crippen LogP contribution in [0, 0.1) is 11.8 Å². The molecule has 0 spiro atoms. The van der Waals surface area contributed by atoms with E-state index in [4.69, 9.17) is 0 Å². The average molecular weight is 331 g/mol. The van der Waals surface area contributed by atoms with Gasteiger partial charge in [-0.3, -0.25) is 0 Å². The Morgan fingerprint density at radius 1 is 1.17 bits per heavy atom. The molecule has 2 saturated heterocycles. The summed E-state index contributed by atoms with van der Waals surface area (Å²) in [4.78, 5) is 16.7. The lowest BCUT2D eigenvalue weighted by atomic mass is 9.98. The van der Waals surface area contributed by atoms with Crippen molar-refractivity contribution in [3.05, 3.63) is 24.3 Å². The number of amides is 2. The quantitative estimate of drug-likeness (QED) is 0.894. The molecule has 5 nitrogen and oxygen atoms in total. The summed E-state index contributed by atoms with van der Waals surface area (Å²) in [5, 5.41) is 12.2. The topological polar surface area (TPSA) is 55.8 Å². The second kappa shape index (κ2) is 7.88. The normalized spacial score (nSPS) is 20.2. The van der Waals surface area contributed by atoms with Crippen LogP contribution in [0.3, 0.4) is 0 Å². The van der Waals surface area contributed by atoms with Gasteiger partial charge >= 0.3 is 6.03 Å². The molecule has 2 aliphatic rings. The summed E-state index contributed by atoms with van der Waals surface area (Å²) in [5.41, 5.74) is 2.05. The minimum atomic E-state index is -0.0317. The molecule has 0 aromatic heterocycles. The van der Waals surface area contributed by atoms with Crippen LogP contribution >= 0.6 is 0 Å². The van der Waals surface area contributed by atoms with Gasteiger partial charge in [0, 0.05) is 44.2 Å². The first kappa shape index (κ1) is 17.1. The van der Waals surface area contributed by atoms with Crippen molar-refractivity contribution >= 4 is 17.4 Å². The van der Waals surface area contributed by atoms with Gasteiger partial charge in [0.05, 0.1) is 0 Å². The van der Waals surface area contributed by atoms with E-state index in [1.807, 2.05) is 17.0 Å². The number of nitrogens with zero attached hydrogens (tertiary/aromatic N) is 2. The standard InChI is InChI=1S/C19H29N3O2/c1-15-5-9-21(10-6-15)18-4-2-3-17(13-18)20-19(24)22-11-7-16(14-23)8-12-22/h2-4,13,15-16,23H,5-12,14H2,1H3,(H,20,24). The molecular weight excluding hydrogens is 302 g/mol. The van der Waals surface area contributed by atoms with E-state index in [2.05, 4.69) is 29.3 Å². The average Bonchev–Trinajstić information content (AvgIpc) is 2.62. The van der Waals surface area contributed by atoms with E-state index < -0.39 is 0 Å². The summed E-state index contributed by atoms with van der Waals surface area (Å²) >= 11 is 0. The van der Waals surface area contributed by atoms with Crippen LogP contribution in [0.25, 0.3) is 0 Å². The van der Waals surface area contributed by atoms with Gasteiger partial charge in [-0.05, 0) is 55.7 Å².